The van der Waals surface area contributed by atoms with Gasteiger partial charge in [-0.1, -0.05) is 72.8 Å². The summed E-state index contributed by atoms with van der Waals surface area (Å²) in [5.74, 6) is 0.845. The highest BCUT2D eigenvalue weighted by Crippen LogP contribution is 2.40. The first-order valence-corrected chi connectivity index (χ1v) is 9.20. The predicted octanol–water partition coefficient (Wildman–Crippen LogP) is 5.05. The van der Waals surface area contributed by atoms with Crippen LogP contribution in [0.3, 0.4) is 0 Å². The zero-order chi connectivity index (χ0) is 18.5. The van der Waals surface area contributed by atoms with Crippen LogP contribution < -0.4 is 4.74 Å². The third-order valence-corrected chi connectivity index (χ3v) is 4.67. The molecule has 0 aliphatic rings. The molecule has 0 heterocycles. The largest absolute Gasteiger partial charge is 0.491 e. The van der Waals surface area contributed by atoms with Gasteiger partial charge in [0.15, 0.2) is 0 Å². The highest BCUT2D eigenvalue weighted by Gasteiger charge is 2.13. The van der Waals surface area contributed by atoms with E-state index < -0.39 is 0 Å². The van der Waals surface area contributed by atoms with Crippen LogP contribution >= 0.6 is 0 Å². The van der Waals surface area contributed by atoms with Gasteiger partial charge in [0.2, 0.25) is 0 Å². The van der Waals surface area contributed by atoms with E-state index in [0.717, 1.165) is 16.9 Å². The van der Waals surface area contributed by atoms with Gasteiger partial charge in [-0.25, -0.2) is 0 Å². The molecule has 3 nitrogen and oxygen atoms in total. The summed E-state index contributed by atoms with van der Waals surface area (Å²) in [6, 6.07) is 27.3. The van der Waals surface area contributed by atoms with Crippen LogP contribution in [0.1, 0.15) is 0 Å². The summed E-state index contributed by atoms with van der Waals surface area (Å²) in [4.78, 5) is 0. The molecular formula is C24H22O3. The highest BCUT2D eigenvalue weighted by atomic mass is 16.5. The smallest absolute Gasteiger partial charge is 0.127 e. The molecule has 0 fully saturated rings. The van der Waals surface area contributed by atoms with Crippen molar-refractivity contribution in [3.05, 3.63) is 78.9 Å². The summed E-state index contributed by atoms with van der Waals surface area (Å²) in [5.41, 5.74) is 2.27. The fourth-order valence-corrected chi connectivity index (χ4v) is 3.47. The maximum atomic E-state index is 8.83. The maximum absolute atomic E-state index is 8.83. The second kappa shape index (κ2) is 8.21. The monoisotopic (exact) mass is 358 g/mol. The van der Waals surface area contributed by atoms with Crippen molar-refractivity contribution in [2.24, 2.45) is 0 Å². The number of fused-ring (bicyclic) bond motifs is 2. The summed E-state index contributed by atoms with van der Waals surface area (Å²) in [5, 5.41) is 13.6. The summed E-state index contributed by atoms with van der Waals surface area (Å²) < 4.78 is 11.4. The minimum absolute atomic E-state index is 0.0250. The first-order chi connectivity index (χ1) is 13.4. The van der Waals surface area contributed by atoms with E-state index in [1.165, 1.54) is 21.5 Å². The summed E-state index contributed by atoms with van der Waals surface area (Å²) in [7, 11) is 0. The maximum Gasteiger partial charge on any atom is 0.127 e. The SMILES string of the molecule is OCCOCCOc1ccc2ccccc2c1-c1cccc2ccccc12. The van der Waals surface area contributed by atoms with E-state index in [1.54, 1.807) is 0 Å². The van der Waals surface area contributed by atoms with Gasteiger partial charge in [-0.2, -0.15) is 0 Å². The topological polar surface area (TPSA) is 38.7 Å². The Morgan fingerprint density at radius 1 is 0.630 bits per heavy atom. The first kappa shape index (κ1) is 17.5. The fourth-order valence-electron chi connectivity index (χ4n) is 3.47. The Morgan fingerprint density at radius 3 is 2.15 bits per heavy atom. The molecule has 4 rings (SSSR count). The average Bonchev–Trinajstić information content (AvgIpc) is 2.73. The lowest BCUT2D eigenvalue weighted by Crippen LogP contribution is -2.09. The molecule has 0 unspecified atom stereocenters. The fraction of sp³-hybridized carbons (Fsp3) is 0.167. The minimum Gasteiger partial charge on any atom is -0.491 e. The molecule has 3 heteroatoms. The third-order valence-electron chi connectivity index (χ3n) is 4.67. The number of aliphatic hydroxyl groups excluding tert-OH is 1. The van der Waals surface area contributed by atoms with Crippen molar-refractivity contribution < 1.29 is 14.6 Å². The molecule has 0 saturated carbocycles. The molecule has 0 aliphatic carbocycles. The van der Waals surface area contributed by atoms with E-state index in [4.69, 9.17) is 14.6 Å². The van der Waals surface area contributed by atoms with Gasteiger partial charge in [-0.15, -0.1) is 0 Å². The summed E-state index contributed by atoms with van der Waals surface area (Å²) >= 11 is 0. The molecule has 0 atom stereocenters. The lowest BCUT2D eigenvalue weighted by molar-refractivity contribution is 0.0707. The lowest BCUT2D eigenvalue weighted by Gasteiger charge is -2.16. The predicted molar refractivity (Wildman–Crippen MR) is 110 cm³/mol. The molecule has 4 aromatic carbocycles. The van der Waals surface area contributed by atoms with Crippen molar-refractivity contribution >= 4 is 21.5 Å². The van der Waals surface area contributed by atoms with Crippen LogP contribution in [-0.2, 0) is 4.74 Å². The Balaban J connectivity index is 1.82. The van der Waals surface area contributed by atoms with Gasteiger partial charge >= 0.3 is 0 Å². The molecule has 1 N–H and O–H groups in total. The molecule has 4 aromatic rings. The van der Waals surface area contributed by atoms with Crippen LogP contribution in [0.5, 0.6) is 5.75 Å². The van der Waals surface area contributed by atoms with Gasteiger partial charge in [0.25, 0.3) is 0 Å². The van der Waals surface area contributed by atoms with Gasteiger partial charge in [-0.05, 0) is 33.2 Å². The number of hydrogen-bond donors (Lipinski definition) is 1. The van der Waals surface area contributed by atoms with Crippen molar-refractivity contribution in [3.8, 4) is 16.9 Å². The van der Waals surface area contributed by atoms with Crippen molar-refractivity contribution in [2.75, 3.05) is 26.4 Å². The summed E-state index contributed by atoms with van der Waals surface area (Å²) in [6.07, 6.45) is 0. The Kier molecular flexibility index (Phi) is 5.33. The Morgan fingerprint density at radius 2 is 1.33 bits per heavy atom. The van der Waals surface area contributed by atoms with E-state index in [0.29, 0.717) is 19.8 Å². The van der Waals surface area contributed by atoms with E-state index in [1.807, 2.05) is 6.07 Å². The number of benzene rings is 4. The molecule has 27 heavy (non-hydrogen) atoms. The number of aliphatic hydroxyl groups is 1. The van der Waals surface area contributed by atoms with Crippen LogP contribution in [0.25, 0.3) is 32.7 Å². The minimum atomic E-state index is 0.0250. The van der Waals surface area contributed by atoms with Crippen LogP contribution in [0.2, 0.25) is 0 Å². The average molecular weight is 358 g/mol. The first-order valence-electron chi connectivity index (χ1n) is 9.20. The van der Waals surface area contributed by atoms with Crippen molar-refractivity contribution in [1.82, 2.24) is 0 Å². The molecule has 136 valence electrons. The van der Waals surface area contributed by atoms with E-state index >= 15 is 0 Å². The molecule has 0 aromatic heterocycles. The molecule has 0 bridgehead atoms. The molecule has 0 amide bonds. The second-order valence-corrected chi connectivity index (χ2v) is 6.37. The standard InChI is InChI=1S/C24H22O3/c25-14-15-26-16-17-27-23-13-12-19-7-2-4-10-21(19)24(23)22-11-5-8-18-6-1-3-9-20(18)22/h1-13,25H,14-17H2. The van der Waals surface area contributed by atoms with Gasteiger partial charge < -0.3 is 14.6 Å². The molecule has 0 spiro atoms. The van der Waals surface area contributed by atoms with Crippen molar-refractivity contribution in [1.29, 1.82) is 0 Å². The third kappa shape index (κ3) is 3.65. The van der Waals surface area contributed by atoms with Crippen LogP contribution in [0.15, 0.2) is 78.9 Å². The Bertz CT molecular complexity index is 1050. The zero-order valence-electron chi connectivity index (χ0n) is 15.1. The second-order valence-electron chi connectivity index (χ2n) is 6.37. The van der Waals surface area contributed by atoms with Crippen molar-refractivity contribution in [3.63, 3.8) is 0 Å². The lowest BCUT2D eigenvalue weighted by atomic mass is 9.93. The van der Waals surface area contributed by atoms with Crippen LogP contribution in [0, 0.1) is 0 Å². The number of ether oxygens (including phenoxy) is 2. The van der Waals surface area contributed by atoms with Gasteiger partial charge in [0.1, 0.15) is 12.4 Å². The van der Waals surface area contributed by atoms with Gasteiger partial charge in [0, 0.05) is 5.56 Å². The van der Waals surface area contributed by atoms with Gasteiger partial charge in [-0.3, -0.25) is 0 Å². The zero-order valence-corrected chi connectivity index (χ0v) is 15.1. The number of rotatable bonds is 7. The summed E-state index contributed by atoms with van der Waals surface area (Å²) in [6.45, 7) is 1.24. The highest BCUT2D eigenvalue weighted by molar-refractivity contribution is 6.07. The van der Waals surface area contributed by atoms with E-state index in [-0.39, 0.29) is 6.61 Å². The van der Waals surface area contributed by atoms with E-state index in [9.17, 15) is 0 Å². The molecule has 0 aliphatic heterocycles. The quantitative estimate of drug-likeness (QED) is 0.470. The van der Waals surface area contributed by atoms with E-state index in [2.05, 4.69) is 72.8 Å². The van der Waals surface area contributed by atoms with Crippen LogP contribution in [0.4, 0.5) is 0 Å². The molecule has 0 radical (unpaired) electrons. The molecular weight excluding hydrogens is 336 g/mol. The van der Waals surface area contributed by atoms with Gasteiger partial charge in [0.05, 0.1) is 19.8 Å². The Labute approximate surface area is 158 Å². The number of hydrogen-bond acceptors (Lipinski definition) is 3. The molecule has 0 saturated heterocycles. The normalized spacial score (nSPS) is 11.1. The van der Waals surface area contributed by atoms with Crippen molar-refractivity contribution in [2.45, 2.75) is 0 Å². The Hall–Kier alpha value is -2.88. The van der Waals surface area contributed by atoms with Crippen LogP contribution in [-0.4, -0.2) is 31.5 Å².